The van der Waals surface area contributed by atoms with Crippen LogP contribution < -0.4 is 0 Å². The largest absolute Gasteiger partial charge is 0.383 e. The van der Waals surface area contributed by atoms with Gasteiger partial charge >= 0.3 is 0 Å². The standard InChI is InChI=1S/C16H13ClF2N2O2/c17-14-13(19)12(5-7-20-14)15(22)21-8-6-16(23,9-21)10-1-3-11(18)4-2-10/h1-5,7,23H,6,8-9H2/t16-/m0/s1. The number of likely N-dealkylation sites (tertiary alicyclic amines) is 1. The topological polar surface area (TPSA) is 53.4 Å². The summed E-state index contributed by atoms with van der Waals surface area (Å²) in [5.74, 6) is -1.85. The summed E-state index contributed by atoms with van der Waals surface area (Å²) in [6.45, 7) is 0.253. The van der Waals surface area contributed by atoms with Crippen molar-refractivity contribution in [2.24, 2.45) is 0 Å². The van der Waals surface area contributed by atoms with E-state index >= 15 is 0 Å². The van der Waals surface area contributed by atoms with Gasteiger partial charge in [0.1, 0.15) is 11.4 Å². The third kappa shape index (κ3) is 2.92. The summed E-state index contributed by atoms with van der Waals surface area (Å²) >= 11 is 5.59. The van der Waals surface area contributed by atoms with Gasteiger partial charge in [0.15, 0.2) is 11.0 Å². The van der Waals surface area contributed by atoms with Gasteiger partial charge < -0.3 is 10.0 Å². The van der Waals surface area contributed by atoms with Crippen LogP contribution in [0.2, 0.25) is 5.15 Å². The lowest BCUT2D eigenvalue weighted by atomic mass is 9.93. The maximum atomic E-state index is 13.9. The van der Waals surface area contributed by atoms with Crippen molar-refractivity contribution in [3.8, 4) is 0 Å². The van der Waals surface area contributed by atoms with Crippen LogP contribution in [0.15, 0.2) is 36.5 Å². The summed E-state index contributed by atoms with van der Waals surface area (Å²) in [7, 11) is 0. The number of aromatic nitrogens is 1. The highest BCUT2D eigenvalue weighted by Crippen LogP contribution is 2.33. The van der Waals surface area contributed by atoms with Crippen molar-refractivity contribution < 1.29 is 18.7 Å². The number of nitrogens with zero attached hydrogens (tertiary/aromatic N) is 2. The molecule has 1 aromatic heterocycles. The van der Waals surface area contributed by atoms with Crippen LogP contribution in [0.25, 0.3) is 0 Å². The third-order valence-corrected chi connectivity index (χ3v) is 4.26. The van der Waals surface area contributed by atoms with E-state index in [-0.39, 0.29) is 30.2 Å². The lowest BCUT2D eigenvalue weighted by Crippen LogP contribution is -2.34. The smallest absolute Gasteiger partial charge is 0.257 e. The molecule has 4 nitrogen and oxygen atoms in total. The van der Waals surface area contributed by atoms with Gasteiger partial charge in [0.2, 0.25) is 0 Å². The zero-order valence-corrected chi connectivity index (χ0v) is 12.7. The van der Waals surface area contributed by atoms with Crippen molar-refractivity contribution in [3.63, 3.8) is 0 Å². The van der Waals surface area contributed by atoms with Gasteiger partial charge in [-0.3, -0.25) is 4.79 Å². The van der Waals surface area contributed by atoms with Crippen molar-refractivity contribution in [3.05, 3.63) is 64.4 Å². The van der Waals surface area contributed by atoms with E-state index in [2.05, 4.69) is 4.98 Å². The molecule has 1 aliphatic heterocycles. The Morgan fingerprint density at radius 3 is 2.65 bits per heavy atom. The fourth-order valence-electron chi connectivity index (χ4n) is 2.72. The van der Waals surface area contributed by atoms with E-state index in [1.54, 1.807) is 0 Å². The number of hydrogen-bond acceptors (Lipinski definition) is 3. The maximum absolute atomic E-state index is 13.9. The zero-order chi connectivity index (χ0) is 16.6. The van der Waals surface area contributed by atoms with Crippen molar-refractivity contribution in [1.82, 2.24) is 9.88 Å². The number of rotatable bonds is 2. The molecular formula is C16H13ClF2N2O2. The van der Waals surface area contributed by atoms with E-state index in [9.17, 15) is 18.7 Å². The number of aliphatic hydroxyl groups is 1. The molecule has 1 aromatic carbocycles. The average Bonchev–Trinajstić information content (AvgIpc) is 2.93. The number of β-amino-alcohol motifs (C(OH)–C–C–N with tert-alkyl or cyclic N) is 1. The summed E-state index contributed by atoms with van der Waals surface area (Å²) in [4.78, 5) is 17.3. The Balaban J connectivity index is 1.83. The minimum absolute atomic E-state index is 0.00313. The zero-order valence-electron chi connectivity index (χ0n) is 12.0. The van der Waals surface area contributed by atoms with Crippen LogP contribution in [0, 0.1) is 11.6 Å². The number of benzene rings is 1. The molecule has 1 fully saturated rings. The molecule has 1 atom stereocenters. The van der Waals surface area contributed by atoms with Crippen molar-refractivity contribution in [2.45, 2.75) is 12.0 Å². The van der Waals surface area contributed by atoms with Gasteiger partial charge in [-0.2, -0.15) is 0 Å². The maximum Gasteiger partial charge on any atom is 0.257 e. The number of halogens is 3. The fraction of sp³-hybridized carbons (Fsp3) is 0.250. The quantitative estimate of drug-likeness (QED) is 0.857. The minimum atomic E-state index is -1.28. The number of carbonyl (C=O) groups is 1. The van der Waals surface area contributed by atoms with Gasteiger partial charge in [-0.05, 0) is 30.2 Å². The van der Waals surface area contributed by atoms with E-state index in [1.165, 1.54) is 41.4 Å². The molecule has 120 valence electrons. The van der Waals surface area contributed by atoms with E-state index < -0.39 is 23.1 Å². The first kappa shape index (κ1) is 15.8. The van der Waals surface area contributed by atoms with Crippen LogP contribution in [-0.4, -0.2) is 34.0 Å². The van der Waals surface area contributed by atoms with Crippen molar-refractivity contribution in [1.29, 1.82) is 0 Å². The first-order chi connectivity index (χ1) is 10.9. The molecular weight excluding hydrogens is 326 g/mol. The predicted molar refractivity (Wildman–Crippen MR) is 80.0 cm³/mol. The Morgan fingerprint density at radius 1 is 1.26 bits per heavy atom. The van der Waals surface area contributed by atoms with E-state index in [1.807, 2.05) is 0 Å². The Hall–Kier alpha value is -2.05. The van der Waals surface area contributed by atoms with Crippen LogP contribution in [0.5, 0.6) is 0 Å². The summed E-state index contributed by atoms with van der Waals surface area (Å²) in [6, 6.07) is 6.71. The minimum Gasteiger partial charge on any atom is -0.383 e. The number of hydrogen-bond donors (Lipinski definition) is 1. The molecule has 1 aliphatic rings. The second-order valence-electron chi connectivity index (χ2n) is 5.48. The molecule has 1 N–H and O–H groups in total. The first-order valence-electron chi connectivity index (χ1n) is 6.98. The summed E-state index contributed by atoms with van der Waals surface area (Å²) in [5.41, 5.74) is -0.952. The van der Waals surface area contributed by atoms with Crippen molar-refractivity contribution >= 4 is 17.5 Å². The molecule has 2 heterocycles. The lowest BCUT2D eigenvalue weighted by molar-refractivity contribution is 0.0415. The third-order valence-electron chi connectivity index (χ3n) is 3.99. The second kappa shape index (κ2) is 5.86. The van der Waals surface area contributed by atoms with E-state index in [4.69, 9.17) is 11.6 Å². The van der Waals surface area contributed by atoms with Crippen LogP contribution in [0.4, 0.5) is 8.78 Å². The summed E-state index contributed by atoms with van der Waals surface area (Å²) in [6.07, 6.45) is 1.53. The fourth-order valence-corrected chi connectivity index (χ4v) is 2.87. The van der Waals surface area contributed by atoms with E-state index in [0.29, 0.717) is 5.56 Å². The molecule has 1 amide bonds. The number of pyridine rings is 1. The lowest BCUT2D eigenvalue weighted by Gasteiger charge is -2.24. The highest BCUT2D eigenvalue weighted by molar-refractivity contribution is 6.29. The van der Waals surface area contributed by atoms with Crippen LogP contribution >= 0.6 is 11.6 Å². The van der Waals surface area contributed by atoms with Gasteiger partial charge in [-0.1, -0.05) is 23.7 Å². The normalized spacial score (nSPS) is 20.8. The summed E-state index contributed by atoms with van der Waals surface area (Å²) in [5, 5.41) is 10.3. The Bertz CT molecular complexity index is 754. The van der Waals surface area contributed by atoms with Gasteiger partial charge in [-0.15, -0.1) is 0 Å². The molecule has 0 unspecified atom stereocenters. The highest BCUT2D eigenvalue weighted by atomic mass is 35.5. The van der Waals surface area contributed by atoms with Gasteiger partial charge in [0, 0.05) is 12.7 Å². The molecule has 0 spiro atoms. The van der Waals surface area contributed by atoms with Gasteiger partial charge in [0.25, 0.3) is 5.91 Å². The molecule has 3 rings (SSSR count). The average molecular weight is 339 g/mol. The predicted octanol–water partition coefficient (Wildman–Crippen LogP) is 2.75. The molecule has 23 heavy (non-hydrogen) atoms. The van der Waals surface area contributed by atoms with E-state index in [0.717, 1.165) is 0 Å². The number of carbonyl (C=O) groups excluding carboxylic acids is 1. The molecule has 0 aliphatic carbocycles. The molecule has 0 radical (unpaired) electrons. The SMILES string of the molecule is O=C(c1ccnc(Cl)c1F)N1CC[C@@](O)(c2ccc(F)cc2)C1. The molecule has 1 saturated heterocycles. The van der Waals surface area contributed by atoms with Gasteiger partial charge in [-0.25, -0.2) is 13.8 Å². The highest BCUT2D eigenvalue weighted by Gasteiger charge is 2.40. The molecule has 0 bridgehead atoms. The number of amides is 1. The second-order valence-corrected chi connectivity index (χ2v) is 5.84. The van der Waals surface area contributed by atoms with Crippen LogP contribution in [0.3, 0.4) is 0 Å². The van der Waals surface area contributed by atoms with Crippen LogP contribution in [0.1, 0.15) is 22.3 Å². The molecule has 0 saturated carbocycles. The van der Waals surface area contributed by atoms with Crippen LogP contribution in [-0.2, 0) is 5.60 Å². The molecule has 7 heteroatoms. The Labute approximate surface area is 136 Å². The summed E-state index contributed by atoms with van der Waals surface area (Å²) < 4.78 is 26.9. The molecule has 2 aromatic rings. The van der Waals surface area contributed by atoms with Crippen molar-refractivity contribution in [2.75, 3.05) is 13.1 Å². The monoisotopic (exact) mass is 338 g/mol. The first-order valence-corrected chi connectivity index (χ1v) is 7.36. The Kier molecular flexibility index (Phi) is 4.04. The van der Waals surface area contributed by atoms with Gasteiger partial charge in [0.05, 0.1) is 12.1 Å². The Morgan fingerprint density at radius 2 is 1.96 bits per heavy atom.